The maximum absolute atomic E-state index is 13.2. The van der Waals surface area contributed by atoms with Crippen LogP contribution in [0.1, 0.15) is 31.7 Å². The van der Waals surface area contributed by atoms with Crippen LogP contribution in [0.25, 0.3) is 0 Å². The maximum atomic E-state index is 13.2. The molecular weight excluding hydrogens is 227 g/mol. The molecule has 0 radical (unpaired) electrons. The summed E-state index contributed by atoms with van der Waals surface area (Å²) >= 11 is 0. The van der Waals surface area contributed by atoms with Gasteiger partial charge in [0.1, 0.15) is 5.82 Å². The third-order valence-electron chi connectivity index (χ3n) is 4.37. The van der Waals surface area contributed by atoms with E-state index in [2.05, 4.69) is 18.9 Å². The maximum Gasteiger partial charge on any atom is 0.123 e. The van der Waals surface area contributed by atoms with Gasteiger partial charge in [-0.3, -0.25) is 4.90 Å². The molecule has 1 atom stereocenters. The first-order chi connectivity index (χ1) is 8.62. The van der Waals surface area contributed by atoms with Crippen molar-refractivity contribution in [3.63, 3.8) is 0 Å². The number of rotatable bonds is 6. The lowest BCUT2D eigenvalue weighted by molar-refractivity contribution is 0.0890. The first-order valence-corrected chi connectivity index (χ1v) is 6.78. The molecule has 18 heavy (non-hydrogen) atoms. The van der Waals surface area contributed by atoms with Gasteiger partial charge in [0, 0.05) is 18.6 Å². The van der Waals surface area contributed by atoms with Gasteiger partial charge in [0.2, 0.25) is 0 Å². The van der Waals surface area contributed by atoms with Gasteiger partial charge >= 0.3 is 0 Å². The Morgan fingerprint density at radius 2 is 2.17 bits per heavy atom. The molecule has 2 nitrogen and oxygen atoms in total. The molecule has 0 spiro atoms. The molecule has 1 aliphatic carbocycles. The van der Waals surface area contributed by atoms with E-state index in [1.165, 1.54) is 18.9 Å². The number of benzene rings is 1. The van der Waals surface area contributed by atoms with Gasteiger partial charge in [0.25, 0.3) is 0 Å². The number of likely N-dealkylation sites (N-methyl/N-ethyl adjacent to an activating group) is 1. The second kappa shape index (κ2) is 5.37. The predicted molar refractivity (Wildman–Crippen MR) is 72.7 cm³/mol. The summed E-state index contributed by atoms with van der Waals surface area (Å²) in [5, 5.41) is 0. The first kappa shape index (κ1) is 13.5. The van der Waals surface area contributed by atoms with Gasteiger partial charge in [0.15, 0.2) is 0 Å². The largest absolute Gasteiger partial charge is 0.329 e. The van der Waals surface area contributed by atoms with Crippen molar-refractivity contribution >= 4 is 0 Å². The van der Waals surface area contributed by atoms with Gasteiger partial charge in [-0.05, 0) is 49.9 Å². The standard InChI is InChI=1S/C15H23FN2/c1-3-15(11-17,13-7-8-13)18(2)10-12-5-4-6-14(16)9-12/h4-6,9,13H,3,7-8,10-11,17H2,1-2H3. The summed E-state index contributed by atoms with van der Waals surface area (Å²) in [6, 6.07) is 6.84. The van der Waals surface area contributed by atoms with E-state index in [0.29, 0.717) is 12.5 Å². The van der Waals surface area contributed by atoms with Crippen molar-refractivity contribution in [3.05, 3.63) is 35.6 Å². The molecule has 1 aliphatic rings. The molecule has 0 bridgehead atoms. The zero-order valence-corrected chi connectivity index (χ0v) is 11.3. The summed E-state index contributed by atoms with van der Waals surface area (Å²) in [5.74, 6) is 0.549. The number of hydrogen-bond acceptors (Lipinski definition) is 2. The summed E-state index contributed by atoms with van der Waals surface area (Å²) in [5.41, 5.74) is 7.14. The molecule has 0 saturated heterocycles. The van der Waals surface area contributed by atoms with E-state index < -0.39 is 0 Å². The Morgan fingerprint density at radius 3 is 2.67 bits per heavy atom. The zero-order valence-electron chi connectivity index (χ0n) is 11.3. The molecule has 1 saturated carbocycles. The second-order valence-corrected chi connectivity index (χ2v) is 5.42. The molecule has 1 unspecified atom stereocenters. The van der Waals surface area contributed by atoms with Crippen LogP contribution in [0.3, 0.4) is 0 Å². The van der Waals surface area contributed by atoms with Crippen LogP contribution in [0.4, 0.5) is 4.39 Å². The Morgan fingerprint density at radius 1 is 1.44 bits per heavy atom. The van der Waals surface area contributed by atoms with E-state index >= 15 is 0 Å². The highest BCUT2D eigenvalue weighted by Crippen LogP contribution is 2.44. The second-order valence-electron chi connectivity index (χ2n) is 5.42. The van der Waals surface area contributed by atoms with Crippen LogP contribution in [-0.4, -0.2) is 24.0 Å². The van der Waals surface area contributed by atoms with Crippen LogP contribution >= 0.6 is 0 Å². The van der Waals surface area contributed by atoms with Crippen LogP contribution in [0.5, 0.6) is 0 Å². The van der Waals surface area contributed by atoms with Gasteiger partial charge < -0.3 is 5.73 Å². The van der Waals surface area contributed by atoms with Crippen molar-refractivity contribution in [2.75, 3.05) is 13.6 Å². The molecule has 1 aromatic rings. The summed E-state index contributed by atoms with van der Waals surface area (Å²) in [4.78, 5) is 2.32. The summed E-state index contributed by atoms with van der Waals surface area (Å²) in [6.07, 6.45) is 3.61. The van der Waals surface area contributed by atoms with Crippen molar-refractivity contribution in [2.24, 2.45) is 11.7 Å². The van der Waals surface area contributed by atoms with Crippen LogP contribution in [0, 0.1) is 11.7 Å². The van der Waals surface area contributed by atoms with Gasteiger partial charge in [-0.25, -0.2) is 4.39 Å². The van der Waals surface area contributed by atoms with Crippen molar-refractivity contribution in [2.45, 2.75) is 38.3 Å². The molecule has 0 heterocycles. The van der Waals surface area contributed by atoms with Crippen LogP contribution in [-0.2, 0) is 6.54 Å². The molecule has 0 amide bonds. The van der Waals surface area contributed by atoms with E-state index in [1.807, 2.05) is 6.07 Å². The Bertz CT molecular complexity index is 397. The van der Waals surface area contributed by atoms with E-state index in [1.54, 1.807) is 12.1 Å². The van der Waals surface area contributed by atoms with E-state index in [9.17, 15) is 4.39 Å². The third-order valence-corrected chi connectivity index (χ3v) is 4.37. The van der Waals surface area contributed by atoms with Gasteiger partial charge in [-0.2, -0.15) is 0 Å². The molecule has 2 N–H and O–H groups in total. The lowest BCUT2D eigenvalue weighted by Gasteiger charge is -2.41. The van der Waals surface area contributed by atoms with Crippen molar-refractivity contribution in [3.8, 4) is 0 Å². The first-order valence-electron chi connectivity index (χ1n) is 6.78. The van der Waals surface area contributed by atoms with Crippen molar-refractivity contribution < 1.29 is 4.39 Å². The highest BCUT2D eigenvalue weighted by Gasteiger charge is 2.45. The Kier molecular flexibility index (Phi) is 4.03. The third kappa shape index (κ3) is 2.57. The zero-order chi connectivity index (χ0) is 13.2. The van der Waals surface area contributed by atoms with E-state index in [0.717, 1.165) is 18.5 Å². The highest BCUT2D eigenvalue weighted by atomic mass is 19.1. The quantitative estimate of drug-likeness (QED) is 0.841. The fraction of sp³-hybridized carbons (Fsp3) is 0.600. The molecule has 100 valence electrons. The Hall–Kier alpha value is -0.930. The van der Waals surface area contributed by atoms with Gasteiger partial charge in [-0.1, -0.05) is 19.1 Å². The lowest BCUT2D eigenvalue weighted by atomic mass is 9.88. The summed E-state index contributed by atoms with van der Waals surface area (Å²) < 4.78 is 13.2. The number of nitrogens with zero attached hydrogens (tertiary/aromatic N) is 1. The monoisotopic (exact) mass is 250 g/mol. The minimum atomic E-state index is -0.165. The number of hydrogen-bond donors (Lipinski definition) is 1. The normalized spacial score (nSPS) is 18.9. The lowest BCUT2D eigenvalue weighted by Crippen LogP contribution is -2.53. The Balaban J connectivity index is 2.12. The van der Waals surface area contributed by atoms with E-state index in [-0.39, 0.29) is 11.4 Å². The molecule has 1 aromatic carbocycles. The van der Waals surface area contributed by atoms with Crippen LogP contribution < -0.4 is 5.73 Å². The Labute approximate surface area is 109 Å². The van der Waals surface area contributed by atoms with Crippen molar-refractivity contribution in [1.82, 2.24) is 4.90 Å². The molecule has 0 aromatic heterocycles. The smallest absolute Gasteiger partial charge is 0.123 e. The minimum Gasteiger partial charge on any atom is -0.329 e. The molecule has 0 aliphatic heterocycles. The minimum absolute atomic E-state index is 0.0896. The fourth-order valence-electron chi connectivity index (χ4n) is 3.02. The van der Waals surface area contributed by atoms with E-state index in [4.69, 9.17) is 5.73 Å². The molecule has 3 heteroatoms. The predicted octanol–water partition coefficient (Wildman–Crippen LogP) is 2.78. The highest BCUT2D eigenvalue weighted by molar-refractivity contribution is 5.17. The molecule has 1 fully saturated rings. The molecule has 2 rings (SSSR count). The average Bonchev–Trinajstić information content (AvgIpc) is 3.16. The van der Waals surface area contributed by atoms with Gasteiger partial charge in [0.05, 0.1) is 0 Å². The number of nitrogens with two attached hydrogens (primary N) is 1. The fourth-order valence-corrected chi connectivity index (χ4v) is 3.02. The molecular formula is C15H23FN2. The van der Waals surface area contributed by atoms with Crippen LogP contribution in [0.15, 0.2) is 24.3 Å². The van der Waals surface area contributed by atoms with Gasteiger partial charge in [-0.15, -0.1) is 0 Å². The van der Waals surface area contributed by atoms with Crippen LogP contribution in [0.2, 0.25) is 0 Å². The number of halogens is 1. The summed E-state index contributed by atoms with van der Waals surface area (Å²) in [7, 11) is 2.11. The SMILES string of the molecule is CCC(CN)(C1CC1)N(C)Cc1cccc(F)c1. The topological polar surface area (TPSA) is 29.3 Å². The summed E-state index contributed by atoms with van der Waals surface area (Å²) in [6.45, 7) is 3.65. The van der Waals surface area contributed by atoms with Crippen molar-refractivity contribution in [1.29, 1.82) is 0 Å². The average molecular weight is 250 g/mol.